The van der Waals surface area contributed by atoms with E-state index in [1.165, 1.54) is 5.56 Å². The minimum absolute atomic E-state index is 0.00197. The molecule has 27 heavy (non-hydrogen) atoms. The van der Waals surface area contributed by atoms with Crippen LogP contribution >= 0.6 is 0 Å². The predicted molar refractivity (Wildman–Crippen MR) is 106 cm³/mol. The second kappa shape index (κ2) is 7.41. The molecule has 1 aromatic rings. The van der Waals surface area contributed by atoms with Crippen molar-refractivity contribution >= 4 is 17.7 Å². The largest absolute Gasteiger partial charge is 0.444 e. The van der Waals surface area contributed by atoms with Crippen LogP contribution in [0.5, 0.6) is 0 Å². The monoisotopic (exact) mass is 373 g/mol. The molecule has 6 heteroatoms. The molecule has 1 aromatic carbocycles. The molecular formula is C21H31N3O3. The Bertz CT molecular complexity index is 709. The van der Waals surface area contributed by atoms with Crippen LogP contribution in [0.2, 0.25) is 0 Å². The van der Waals surface area contributed by atoms with Crippen molar-refractivity contribution in [2.45, 2.75) is 57.7 Å². The zero-order valence-electron chi connectivity index (χ0n) is 17.0. The third-order valence-corrected chi connectivity index (χ3v) is 5.40. The van der Waals surface area contributed by atoms with Crippen LogP contribution < -0.4 is 10.2 Å². The maximum absolute atomic E-state index is 13.2. The first kappa shape index (κ1) is 19.5. The first-order valence-electron chi connectivity index (χ1n) is 9.71. The lowest BCUT2D eigenvalue weighted by Gasteiger charge is -2.33. The number of hydrogen-bond donors (Lipinski definition) is 1. The second-order valence-electron chi connectivity index (χ2n) is 8.70. The van der Waals surface area contributed by atoms with Crippen molar-refractivity contribution in [1.82, 2.24) is 10.2 Å². The van der Waals surface area contributed by atoms with Crippen molar-refractivity contribution in [1.29, 1.82) is 0 Å². The van der Waals surface area contributed by atoms with E-state index >= 15 is 0 Å². The summed E-state index contributed by atoms with van der Waals surface area (Å²) in [7, 11) is 3.84. The normalized spacial score (nSPS) is 20.0. The maximum atomic E-state index is 13.2. The molecule has 0 radical (unpaired) electrons. The molecule has 0 saturated heterocycles. The summed E-state index contributed by atoms with van der Waals surface area (Å²) >= 11 is 0. The molecule has 1 N–H and O–H groups in total. The molecule has 1 aliphatic carbocycles. The number of amides is 2. The zero-order valence-corrected chi connectivity index (χ0v) is 17.0. The number of benzene rings is 1. The molecular weight excluding hydrogens is 342 g/mol. The van der Waals surface area contributed by atoms with E-state index in [1.807, 2.05) is 51.9 Å². The number of ether oxygens (including phenoxy) is 1. The molecule has 2 aliphatic rings. The minimum Gasteiger partial charge on any atom is -0.444 e. The van der Waals surface area contributed by atoms with Crippen LogP contribution in [0.15, 0.2) is 24.3 Å². The van der Waals surface area contributed by atoms with Crippen LogP contribution in [0.3, 0.4) is 0 Å². The van der Waals surface area contributed by atoms with E-state index in [0.29, 0.717) is 12.5 Å². The van der Waals surface area contributed by atoms with Gasteiger partial charge in [0.25, 0.3) is 0 Å². The molecule has 2 amide bonds. The van der Waals surface area contributed by atoms with Crippen LogP contribution in [0, 0.1) is 5.92 Å². The fourth-order valence-corrected chi connectivity index (χ4v) is 3.80. The lowest BCUT2D eigenvalue weighted by atomic mass is 10.1. The maximum Gasteiger partial charge on any atom is 0.407 e. The van der Waals surface area contributed by atoms with E-state index in [0.717, 1.165) is 24.9 Å². The van der Waals surface area contributed by atoms with Gasteiger partial charge in [0.1, 0.15) is 11.6 Å². The Morgan fingerprint density at radius 1 is 1.30 bits per heavy atom. The average Bonchev–Trinajstić information content (AvgIpc) is 3.37. The summed E-state index contributed by atoms with van der Waals surface area (Å²) in [5.41, 5.74) is 1.81. The fourth-order valence-electron chi connectivity index (χ4n) is 3.80. The molecule has 2 atom stereocenters. The third kappa shape index (κ3) is 4.54. The quantitative estimate of drug-likeness (QED) is 0.862. The van der Waals surface area contributed by atoms with E-state index in [1.54, 1.807) is 0 Å². The summed E-state index contributed by atoms with van der Waals surface area (Å²) in [6.45, 7) is 5.95. The Hall–Kier alpha value is -2.24. The number of carbonyl (C=O) groups excluding carboxylic acids is 2. The summed E-state index contributed by atoms with van der Waals surface area (Å²) in [5, 5.41) is 2.85. The summed E-state index contributed by atoms with van der Waals surface area (Å²) in [6, 6.07) is 7.98. The Labute approximate surface area is 161 Å². The van der Waals surface area contributed by atoms with Gasteiger partial charge in [0.15, 0.2) is 0 Å². The van der Waals surface area contributed by atoms with E-state index in [4.69, 9.17) is 4.74 Å². The number of carbonyl (C=O) groups is 2. The summed E-state index contributed by atoms with van der Waals surface area (Å²) in [4.78, 5) is 29.1. The minimum atomic E-state index is -0.529. The molecule has 1 fully saturated rings. The number of likely N-dealkylation sites (N-methyl/N-ethyl adjacent to an activating group) is 2. The average molecular weight is 373 g/mol. The summed E-state index contributed by atoms with van der Waals surface area (Å²) in [6.07, 6.45) is 2.49. The fraction of sp³-hybridized carbons (Fsp3) is 0.619. The van der Waals surface area contributed by atoms with Gasteiger partial charge < -0.3 is 19.9 Å². The van der Waals surface area contributed by atoms with Crippen LogP contribution in [0.1, 0.15) is 39.2 Å². The lowest BCUT2D eigenvalue weighted by Crippen LogP contribution is -2.52. The van der Waals surface area contributed by atoms with E-state index in [9.17, 15) is 9.59 Å². The predicted octanol–water partition coefficient (Wildman–Crippen LogP) is 2.81. The molecule has 0 spiro atoms. The van der Waals surface area contributed by atoms with Gasteiger partial charge in [0, 0.05) is 32.7 Å². The number of anilines is 1. The number of nitrogens with zero attached hydrogens (tertiary/aromatic N) is 2. The molecule has 0 aromatic heterocycles. The summed E-state index contributed by atoms with van der Waals surface area (Å²) in [5.74, 6) is 0.555. The number of fused-ring (bicyclic) bond motifs is 1. The number of rotatable bonds is 5. The first-order valence-corrected chi connectivity index (χ1v) is 9.71. The van der Waals surface area contributed by atoms with E-state index in [-0.39, 0.29) is 18.0 Å². The smallest absolute Gasteiger partial charge is 0.407 e. The number of para-hydroxylation sites is 1. The van der Waals surface area contributed by atoms with Gasteiger partial charge in [0.2, 0.25) is 5.91 Å². The highest BCUT2D eigenvalue weighted by molar-refractivity contribution is 5.88. The molecule has 0 bridgehead atoms. The van der Waals surface area contributed by atoms with Crippen LogP contribution in [0.4, 0.5) is 10.5 Å². The molecule has 148 valence electrons. The van der Waals surface area contributed by atoms with Crippen molar-refractivity contribution in [3.8, 4) is 0 Å². The van der Waals surface area contributed by atoms with Crippen molar-refractivity contribution in [3.05, 3.63) is 29.8 Å². The van der Waals surface area contributed by atoms with E-state index in [2.05, 4.69) is 22.3 Å². The molecule has 1 saturated carbocycles. The highest BCUT2D eigenvalue weighted by atomic mass is 16.6. The number of nitrogens with one attached hydrogen (secondary N) is 1. The number of alkyl carbamates (subject to hydrolysis) is 1. The second-order valence-corrected chi connectivity index (χ2v) is 8.70. The molecule has 1 aliphatic heterocycles. The number of hydrogen-bond acceptors (Lipinski definition) is 4. The molecule has 3 rings (SSSR count). The standard InChI is InChI=1S/C21H31N3O3/c1-21(2,3)27-20(26)22-13-18(14-10-11-14)24(5)19(25)17-12-15-8-6-7-9-16(15)23(17)4/h6-9,14,17-18H,10-13H2,1-5H3,(H,22,26). The van der Waals surface area contributed by atoms with Crippen LogP contribution in [0.25, 0.3) is 0 Å². The van der Waals surface area contributed by atoms with Gasteiger partial charge in [-0.3, -0.25) is 4.79 Å². The van der Waals surface area contributed by atoms with E-state index < -0.39 is 11.7 Å². The Balaban J connectivity index is 1.63. The topological polar surface area (TPSA) is 61.9 Å². The Morgan fingerprint density at radius 2 is 1.96 bits per heavy atom. The molecule has 1 heterocycles. The Kier molecular flexibility index (Phi) is 5.36. The molecule has 6 nitrogen and oxygen atoms in total. The SMILES string of the molecule is CN(C(=O)C1Cc2ccccc2N1C)C(CNC(=O)OC(C)(C)C)C1CC1. The van der Waals surface area contributed by atoms with Crippen molar-refractivity contribution in [2.75, 3.05) is 25.5 Å². The van der Waals surface area contributed by atoms with Gasteiger partial charge in [-0.1, -0.05) is 18.2 Å². The summed E-state index contributed by atoms with van der Waals surface area (Å²) < 4.78 is 5.33. The Morgan fingerprint density at radius 3 is 2.56 bits per heavy atom. The van der Waals surface area contributed by atoms with Gasteiger partial charge >= 0.3 is 6.09 Å². The van der Waals surface area contributed by atoms with Gasteiger partial charge in [0.05, 0.1) is 6.04 Å². The van der Waals surface area contributed by atoms with Crippen LogP contribution in [-0.2, 0) is 16.0 Å². The van der Waals surface area contributed by atoms with Crippen molar-refractivity contribution in [3.63, 3.8) is 0 Å². The van der Waals surface area contributed by atoms with Gasteiger partial charge in [-0.25, -0.2) is 4.79 Å². The van der Waals surface area contributed by atoms with Gasteiger partial charge in [-0.15, -0.1) is 0 Å². The van der Waals surface area contributed by atoms with Gasteiger partial charge in [-0.05, 0) is 51.2 Å². The first-order chi connectivity index (χ1) is 12.7. The van der Waals surface area contributed by atoms with Gasteiger partial charge in [-0.2, -0.15) is 0 Å². The highest BCUT2D eigenvalue weighted by Gasteiger charge is 2.40. The lowest BCUT2D eigenvalue weighted by molar-refractivity contribution is -0.133. The van der Waals surface area contributed by atoms with Crippen molar-refractivity contribution in [2.24, 2.45) is 5.92 Å². The zero-order chi connectivity index (χ0) is 19.8. The highest BCUT2D eigenvalue weighted by Crippen LogP contribution is 2.36. The van der Waals surface area contributed by atoms with Crippen LogP contribution in [-0.4, -0.2) is 55.2 Å². The van der Waals surface area contributed by atoms with Crippen molar-refractivity contribution < 1.29 is 14.3 Å². The third-order valence-electron chi connectivity index (χ3n) is 5.40. The molecule has 2 unspecified atom stereocenters.